The lowest BCUT2D eigenvalue weighted by Gasteiger charge is -2.32. The Bertz CT molecular complexity index is 374. The zero-order chi connectivity index (χ0) is 15.7. The van der Waals surface area contributed by atoms with Gasteiger partial charge in [-0.05, 0) is 25.9 Å². The molecule has 0 aromatic rings. The van der Waals surface area contributed by atoms with Crippen LogP contribution in [0.15, 0.2) is 0 Å². The van der Waals surface area contributed by atoms with Gasteiger partial charge in [0.15, 0.2) is 0 Å². The molecule has 1 fully saturated rings. The van der Waals surface area contributed by atoms with Crippen molar-refractivity contribution in [1.82, 2.24) is 14.9 Å². The van der Waals surface area contributed by atoms with E-state index in [1.54, 1.807) is 0 Å². The number of morpholine rings is 1. The van der Waals surface area contributed by atoms with E-state index in [9.17, 15) is 8.42 Å². The van der Waals surface area contributed by atoms with Gasteiger partial charge < -0.3 is 10.1 Å². The van der Waals surface area contributed by atoms with Crippen molar-refractivity contribution in [2.75, 3.05) is 45.1 Å². The number of likely N-dealkylation sites (N-methyl/N-ethyl adjacent to an activating group) is 1. The molecule has 1 rings (SSSR count). The standard InChI is InChI=1S/C14H31N3O3S/c1-4-17-8-9-20-14(12-17)11-16-21(18,19)10-6-5-7-15-13(2)3/h13-16H,4-12H2,1-3H3. The lowest BCUT2D eigenvalue weighted by atomic mass is 10.3. The lowest BCUT2D eigenvalue weighted by Crippen LogP contribution is -2.47. The third-order valence-corrected chi connectivity index (χ3v) is 5.03. The lowest BCUT2D eigenvalue weighted by molar-refractivity contribution is -0.0229. The number of hydrogen-bond acceptors (Lipinski definition) is 5. The molecule has 126 valence electrons. The highest BCUT2D eigenvalue weighted by Crippen LogP contribution is 2.04. The van der Waals surface area contributed by atoms with Gasteiger partial charge >= 0.3 is 0 Å². The molecule has 1 heterocycles. The largest absolute Gasteiger partial charge is 0.374 e. The Morgan fingerprint density at radius 3 is 2.76 bits per heavy atom. The van der Waals surface area contributed by atoms with E-state index in [1.807, 2.05) is 0 Å². The molecule has 7 heteroatoms. The first-order valence-electron chi connectivity index (χ1n) is 7.97. The van der Waals surface area contributed by atoms with Gasteiger partial charge in [-0.1, -0.05) is 20.8 Å². The number of rotatable bonds is 10. The molecule has 0 spiro atoms. The summed E-state index contributed by atoms with van der Waals surface area (Å²) in [5.74, 6) is 0.191. The maximum absolute atomic E-state index is 11.9. The second kappa shape index (κ2) is 9.74. The zero-order valence-corrected chi connectivity index (χ0v) is 14.4. The van der Waals surface area contributed by atoms with Gasteiger partial charge in [0.25, 0.3) is 0 Å². The topological polar surface area (TPSA) is 70.7 Å². The van der Waals surface area contributed by atoms with E-state index in [0.29, 0.717) is 25.6 Å². The van der Waals surface area contributed by atoms with Crippen LogP contribution < -0.4 is 10.0 Å². The van der Waals surface area contributed by atoms with E-state index >= 15 is 0 Å². The minimum Gasteiger partial charge on any atom is -0.374 e. The molecule has 0 radical (unpaired) electrons. The zero-order valence-electron chi connectivity index (χ0n) is 13.6. The van der Waals surface area contributed by atoms with Gasteiger partial charge in [-0.2, -0.15) is 0 Å². The number of nitrogens with zero attached hydrogens (tertiary/aromatic N) is 1. The predicted molar refractivity (Wildman–Crippen MR) is 86.0 cm³/mol. The number of sulfonamides is 1. The number of ether oxygens (including phenoxy) is 1. The predicted octanol–water partition coefficient (Wildman–Crippen LogP) is 0.405. The Hall–Kier alpha value is -0.210. The molecule has 1 atom stereocenters. The highest BCUT2D eigenvalue weighted by Gasteiger charge is 2.21. The van der Waals surface area contributed by atoms with Crippen molar-refractivity contribution >= 4 is 10.0 Å². The molecule has 1 saturated heterocycles. The van der Waals surface area contributed by atoms with Crippen molar-refractivity contribution in [3.8, 4) is 0 Å². The Kier molecular flexibility index (Phi) is 8.73. The molecular formula is C14H31N3O3S. The quantitative estimate of drug-likeness (QED) is 0.570. The van der Waals surface area contributed by atoms with Crippen molar-refractivity contribution in [2.24, 2.45) is 0 Å². The first kappa shape index (κ1) is 18.8. The van der Waals surface area contributed by atoms with Crippen LogP contribution in [0.1, 0.15) is 33.6 Å². The molecule has 21 heavy (non-hydrogen) atoms. The smallest absolute Gasteiger partial charge is 0.211 e. The number of nitrogens with one attached hydrogen (secondary N) is 2. The fourth-order valence-corrected chi connectivity index (χ4v) is 3.46. The Morgan fingerprint density at radius 2 is 2.10 bits per heavy atom. The molecule has 0 saturated carbocycles. The van der Waals surface area contributed by atoms with Crippen LogP contribution in [0.4, 0.5) is 0 Å². The second-order valence-electron chi connectivity index (χ2n) is 5.87. The number of hydrogen-bond donors (Lipinski definition) is 2. The Labute approximate surface area is 129 Å². The van der Waals surface area contributed by atoms with E-state index < -0.39 is 10.0 Å². The van der Waals surface area contributed by atoms with Crippen LogP contribution in [-0.2, 0) is 14.8 Å². The molecule has 0 aliphatic carbocycles. The van der Waals surface area contributed by atoms with Crippen LogP contribution in [-0.4, -0.2) is 70.5 Å². The van der Waals surface area contributed by atoms with Gasteiger partial charge in [-0.3, -0.25) is 4.90 Å². The first-order chi connectivity index (χ1) is 9.93. The fourth-order valence-electron chi connectivity index (χ4n) is 2.29. The van der Waals surface area contributed by atoms with Gasteiger partial charge in [0.2, 0.25) is 10.0 Å². The van der Waals surface area contributed by atoms with Crippen LogP contribution in [0.3, 0.4) is 0 Å². The molecule has 1 aliphatic rings. The summed E-state index contributed by atoms with van der Waals surface area (Å²) in [5.41, 5.74) is 0. The third kappa shape index (κ3) is 8.73. The average Bonchev–Trinajstić information content (AvgIpc) is 2.45. The monoisotopic (exact) mass is 321 g/mol. The molecule has 0 bridgehead atoms. The van der Waals surface area contributed by atoms with Gasteiger partial charge in [-0.15, -0.1) is 0 Å². The third-order valence-electron chi connectivity index (χ3n) is 3.59. The van der Waals surface area contributed by atoms with E-state index in [4.69, 9.17) is 4.74 Å². The van der Waals surface area contributed by atoms with Crippen LogP contribution in [0.5, 0.6) is 0 Å². The van der Waals surface area contributed by atoms with Crippen molar-refractivity contribution in [3.63, 3.8) is 0 Å². The Morgan fingerprint density at radius 1 is 1.33 bits per heavy atom. The SMILES string of the molecule is CCN1CCOC(CNS(=O)(=O)CCCCNC(C)C)C1. The van der Waals surface area contributed by atoms with Crippen molar-refractivity contribution in [2.45, 2.75) is 45.8 Å². The molecule has 0 aromatic carbocycles. The van der Waals surface area contributed by atoms with Crippen molar-refractivity contribution in [3.05, 3.63) is 0 Å². The van der Waals surface area contributed by atoms with E-state index in [2.05, 4.69) is 35.7 Å². The molecule has 0 aromatic heterocycles. The summed E-state index contributed by atoms with van der Waals surface area (Å²) in [6.07, 6.45) is 1.53. The van der Waals surface area contributed by atoms with Crippen LogP contribution in [0, 0.1) is 0 Å². The Balaban J connectivity index is 2.17. The van der Waals surface area contributed by atoms with Crippen LogP contribution in [0.2, 0.25) is 0 Å². The summed E-state index contributed by atoms with van der Waals surface area (Å²) in [4.78, 5) is 2.28. The second-order valence-corrected chi connectivity index (χ2v) is 7.80. The highest BCUT2D eigenvalue weighted by molar-refractivity contribution is 7.89. The molecule has 1 unspecified atom stereocenters. The van der Waals surface area contributed by atoms with Crippen LogP contribution in [0.25, 0.3) is 0 Å². The molecule has 2 N–H and O–H groups in total. The first-order valence-corrected chi connectivity index (χ1v) is 9.63. The van der Waals surface area contributed by atoms with Crippen LogP contribution >= 0.6 is 0 Å². The van der Waals surface area contributed by atoms with Crippen molar-refractivity contribution in [1.29, 1.82) is 0 Å². The fraction of sp³-hybridized carbons (Fsp3) is 1.00. The number of unbranched alkanes of at least 4 members (excludes halogenated alkanes) is 1. The van der Waals surface area contributed by atoms with Crippen molar-refractivity contribution < 1.29 is 13.2 Å². The summed E-state index contributed by atoms with van der Waals surface area (Å²) in [6.45, 7) is 10.9. The molecule has 6 nitrogen and oxygen atoms in total. The minimum absolute atomic E-state index is 0.0314. The maximum atomic E-state index is 11.9. The summed E-state index contributed by atoms with van der Waals surface area (Å²) in [7, 11) is -3.18. The van der Waals surface area contributed by atoms with Gasteiger partial charge in [0.1, 0.15) is 0 Å². The van der Waals surface area contributed by atoms with Gasteiger partial charge in [0, 0.05) is 25.7 Å². The highest BCUT2D eigenvalue weighted by atomic mass is 32.2. The van der Waals surface area contributed by atoms with Gasteiger partial charge in [-0.25, -0.2) is 13.1 Å². The van der Waals surface area contributed by atoms with Gasteiger partial charge in [0.05, 0.1) is 18.5 Å². The van der Waals surface area contributed by atoms with E-state index in [0.717, 1.165) is 32.6 Å². The summed E-state index contributed by atoms with van der Waals surface area (Å²) < 4.78 is 32.1. The molecule has 1 aliphatic heterocycles. The maximum Gasteiger partial charge on any atom is 0.211 e. The van der Waals surface area contributed by atoms with E-state index in [1.165, 1.54) is 0 Å². The molecule has 0 amide bonds. The normalized spacial score (nSPS) is 21.0. The average molecular weight is 321 g/mol. The summed E-state index contributed by atoms with van der Waals surface area (Å²) >= 11 is 0. The van der Waals surface area contributed by atoms with E-state index in [-0.39, 0.29) is 11.9 Å². The minimum atomic E-state index is -3.18. The molecular weight excluding hydrogens is 290 g/mol. The summed E-state index contributed by atoms with van der Waals surface area (Å²) in [5, 5.41) is 3.29. The summed E-state index contributed by atoms with van der Waals surface area (Å²) in [6, 6.07) is 0.449.